The monoisotopic (exact) mass is 255 g/mol. The Hall–Kier alpha value is 1.61. The maximum atomic E-state index is 10.5. The summed E-state index contributed by atoms with van der Waals surface area (Å²) in [5.41, 5.74) is -2.65. The quantitative estimate of drug-likeness (QED) is 0.532. The van der Waals surface area contributed by atoms with E-state index < -0.39 is 5.69 Å². The van der Waals surface area contributed by atoms with Gasteiger partial charge in [-0.15, -0.1) is 11.4 Å². The van der Waals surface area contributed by atoms with Crippen molar-refractivity contribution in [2.24, 2.45) is 0 Å². The van der Waals surface area contributed by atoms with E-state index in [1.54, 1.807) is 6.26 Å². The minimum absolute atomic E-state index is 0. The third-order valence-electron chi connectivity index (χ3n) is 0.447. The first kappa shape index (κ1) is 12.3. The van der Waals surface area contributed by atoms with Gasteiger partial charge in [0.25, 0.3) is 0 Å². The van der Waals surface area contributed by atoms with Crippen molar-refractivity contribution >= 4 is 28.9 Å². The van der Waals surface area contributed by atoms with Gasteiger partial charge >= 0.3 is 0 Å². The largest absolute Gasteiger partial charge is 0.793 e. The molecule has 0 N–H and O–H groups in total. The van der Waals surface area contributed by atoms with Gasteiger partial charge in [-0.2, -0.15) is 0 Å². The van der Waals surface area contributed by atoms with Gasteiger partial charge < -0.3 is 9.42 Å². The van der Waals surface area contributed by atoms with Gasteiger partial charge in [-0.1, -0.05) is 11.8 Å². The third kappa shape index (κ3) is 5.74. The molecule has 6 heteroatoms. The van der Waals surface area contributed by atoms with E-state index in [2.05, 4.69) is 16.3 Å². The van der Waals surface area contributed by atoms with E-state index in [1.807, 2.05) is 0 Å². The minimum atomic E-state index is -2.65. The molecular formula is C2H6MoO2PS2-. The first-order valence-electron chi connectivity index (χ1n) is 1.55. The summed E-state index contributed by atoms with van der Waals surface area (Å²) in [6.45, 7) is 0. The Bertz CT molecular complexity index is 90.0. The molecule has 0 aliphatic heterocycles. The zero-order valence-corrected chi connectivity index (χ0v) is 9.02. The number of rotatable bonds is 2. The molecule has 0 spiro atoms. The Morgan fingerprint density at radius 2 is 2.12 bits per heavy atom. The Morgan fingerprint density at radius 1 is 1.75 bits per heavy atom. The van der Waals surface area contributed by atoms with Crippen LogP contribution in [0.25, 0.3) is 0 Å². The maximum Gasteiger partial charge on any atom is 0.0467 e. The van der Waals surface area contributed by atoms with Gasteiger partial charge in [-0.05, 0) is 6.26 Å². The van der Waals surface area contributed by atoms with Crippen LogP contribution in [-0.4, -0.2) is 13.4 Å². The average Bonchev–Trinajstić information content (AvgIpc) is 1.68. The summed E-state index contributed by atoms with van der Waals surface area (Å²) in [4.78, 5) is 10.5. The normalized spacial score (nSPS) is 16.4. The molecule has 50 valence electrons. The van der Waals surface area contributed by atoms with Crippen LogP contribution in [0.5, 0.6) is 0 Å². The van der Waals surface area contributed by atoms with Crippen LogP contribution in [0.15, 0.2) is 0 Å². The molecule has 0 fully saturated rings. The summed E-state index contributed by atoms with van der Waals surface area (Å²) < 4.78 is 4.42. The molecule has 0 aromatic carbocycles. The summed E-state index contributed by atoms with van der Waals surface area (Å²) >= 11 is 5.52. The third-order valence-corrected chi connectivity index (χ3v) is 4.92. The van der Waals surface area contributed by atoms with Crippen LogP contribution in [0.4, 0.5) is 0 Å². The van der Waals surface area contributed by atoms with E-state index in [-0.39, 0.29) is 21.1 Å². The zero-order valence-electron chi connectivity index (χ0n) is 4.49. The van der Waals surface area contributed by atoms with Crippen molar-refractivity contribution in [2.45, 2.75) is 0 Å². The van der Waals surface area contributed by atoms with Crippen LogP contribution in [0.2, 0.25) is 0 Å². The SMILES string of the molecule is COP([O-])(=S)SC.[Mo]. The van der Waals surface area contributed by atoms with Crippen molar-refractivity contribution in [3.63, 3.8) is 0 Å². The first-order valence-corrected chi connectivity index (χ1v) is 6.01. The van der Waals surface area contributed by atoms with E-state index in [0.717, 1.165) is 11.4 Å². The van der Waals surface area contributed by atoms with Crippen molar-refractivity contribution in [1.29, 1.82) is 0 Å². The summed E-state index contributed by atoms with van der Waals surface area (Å²) in [5, 5.41) is 0. The summed E-state index contributed by atoms with van der Waals surface area (Å²) in [6.07, 6.45) is 1.66. The van der Waals surface area contributed by atoms with Gasteiger partial charge in [0, 0.05) is 33.9 Å². The van der Waals surface area contributed by atoms with Crippen LogP contribution in [0, 0.1) is 0 Å². The average molecular weight is 253 g/mol. The predicted octanol–water partition coefficient (Wildman–Crippen LogP) is 0.578. The van der Waals surface area contributed by atoms with Crippen LogP contribution in [-0.2, 0) is 37.4 Å². The van der Waals surface area contributed by atoms with Crippen molar-refractivity contribution < 1.29 is 30.5 Å². The number of hydrogen-bond donors (Lipinski definition) is 0. The van der Waals surface area contributed by atoms with Crippen molar-refractivity contribution in [1.82, 2.24) is 0 Å². The van der Waals surface area contributed by atoms with Crippen molar-refractivity contribution in [3.05, 3.63) is 0 Å². The summed E-state index contributed by atoms with van der Waals surface area (Å²) in [5.74, 6) is 0. The first-order chi connectivity index (χ1) is 3.12. The molecule has 8 heavy (non-hydrogen) atoms. The fourth-order valence-corrected chi connectivity index (χ4v) is 0.671. The van der Waals surface area contributed by atoms with Crippen LogP contribution >= 0.6 is 17.1 Å². The fraction of sp³-hybridized carbons (Fsp3) is 1.00. The molecule has 2 nitrogen and oxygen atoms in total. The van der Waals surface area contributed by atoms with Crippen LogP contribution < -0.4 is 4.89 Å². The van der Waals surface area contributed by atoms with Gasteiger partial charge in [-0.25, -0.2) is 0 Å². The molecule has 0 radical (unpaired) electrons. The second kappa shape index (κ2) is 5.40. The van der Waals surface area contributed by atoms with Crippen molar-refractivity contribution in [3.8, 4) is 0 Å². The topological polar surface area (TPSA) is 32.3 Å². The van der Waals surface area contributed by atoms with E-state index >= 15 is 0 Å². The predicted molar refractivity (Wildman–Crippen MR) is 34.8 cm³/mol. The molecule has 0 aliphatic rings. The van der Waals surface area contributed by atoms with E-state index in [4.69, 9.17) is 0 Å². The molecule has 0 rings (SSSR count). The second-order valence-corrected chi connectivity index (χ2v) is 7.11. The molecule has 0 aliphatic carbocycles. The minimum Gasteiger partial charge on any atom is -0.793 e. The Kier molecular flexibility index (Phi) is 8.30. The molecule has 0 aromatic rings. The molecule has 1 atom stereocenters. The van der Waals surface area contributed by atoms with Crippen LogP contribution in [0.3, 0.4) is 0 Å². The second-order valence-electron chi connectivity index (χ2n) is 0.812. The number of hydrogen-bond acceptors (Lipinski definition) is 4. The van der Waals surface area contributed by atoms with Crippen molar-refractivity contribution in [2.75, 3.05) is 13.4 Å². The Morgan fingerprint density at radius 3 is 2.12 bits per heavy atom. The Balaban J connectivity index is 0. The summed E-state index contributed by atoms with van der Waals surface area (Å²) in [6, 6.07) is 0. The molecule has 0 heterocycles. The Labute approximate surface area is 72.6 Å². The maximum absolute atomic E-state index is 10.5. The van der Waals surface area contributed by atoms with Gasteiger partial charge in [0.05, 0.1) is 0 Å². The molecule has 0 amide bonds. The van der Waals surface area contributed by atoms with E-state index in [9.17, 15) is 4.89 Å². The van der Waals surface area contributed by atoms with Gasteiger partial charge in [0.15, 0.2) is 0 Å². The standard InChI is InChI=1S/C2H7O2PS2.Mo/c1-4-5(3,6)7-2;/h1-2H3,(H,3,6);/p-1. The molecule has 0 aromatic heterocycles. The molecule has 0 saturated heterocycles. The fourth-order valence-electron chi connectivity index (χ4n) is 0.0745. The van der Waals surface area contributed by atoms with Gasteiger partial charge in [-0.3, -0.25) is 0 Å². The molecule has 0 bridgehead atoms. The van der Waals surface area contributed by atoms with Crippen LogP contribution in [0.1, 0.15) is 0 Å². The molecule has 0 saturated carbocycles. The van der Waals surface area contributed by atoms with Gasteiger partial charge in [0.1, 0.15) is 0 Å². The van der Waals surface area contributed by atoms with Gasteiger partial charge in [0.2, 0.25) is 0 Å². The summed E-state index contributed by atoms with van der Waals surface area (Å²) in [7, 11) is 1.35. The zero-order chi connectivity index (χ0) is 5.91. The molecule has 1 unspecified atom stereocenters. The van der Waals surface area contributed by atoms with E-state index in [0.29, 0.717) is 0 Å². The molecular weight excluding hydrogens is 247 g/mol. The van der Waals surface area contributed by atoms with E-state index in [1.165, 1.54) is 7.11 Å². The smallest absolute Gasteiger partial charge is 0.0467 e.